The van der Waals surface area contributed by atoms with Crippen LogP contribution in [0.4, 0.5) is 27.6 Å². The van der Waals surface area contributed by atoms with Gasteiger partial charge < -0.3 is 0 Å². The van der Waals surface area contributed by atoms with E-state index in [4.69, 9.17) is 0 Å². The minimum absolute atomic E-state index is 0.0646. The highest BCUT2D eigenvalue weighted by Gasteiger charge is 2.27. The van der Waals surface area contributed by atoms with Gasteiger partial charge in [0.15, 0.2) is 23.3 Å². The molecule has 30 heavy (non-hydrogen) atoms. The quantitative estimate of drug-likeness (QED) is 0.352. The van der Waals surface area contributed by atoms with E-state index in [-0.39, 0.29) is 22.8 Å². The first-order valence-corrected chi connectivity index (χ1v) is 10.3. The fourth-order valence-electron chi connectivity index (χ4n) is 2.92. The summed E-state index contributed by atoms with van der Waals surface area (Å²) in [7, 11) is -3.85. The van der Waals surface area contributed by atoms with E-state index >= 15 is 0 Å². The fourth-order valence-corrected chi connectivity index (χ4v) is 4.23. The molecule has 0 aliphatic rings. The number of halogens is 5. The molecule has 0 unspecified atom stereocenters. The summed E-state index contributed by atoms with van der Waals surface area (Å²) in [4.78, 5) is 0. The van der Waals surface area contributed by atoms with Gasteiger partial charge in [0.2, 0.25) is 15.8 Å². The summed E-state index contributed by atoms with van der Waals surface area (Å²) in [5.41, 5.74) is -0.152. The Kier molecular flexibility index (Phi) is 5.84. The van der Waals surface area contributed by atoms with Crippen LogP contribution < -0.4 is 4.72 Å². The lowest BCUT2D eigenvalue weighted by Gasteiger charge is -2.11. The normalized spacial score (nSPS) is 11.7. The minimum atomic E-state index is -3.85. The van der Waals surface area contributed by atoms with Gasteiger partial charge in [-0.2, -0.15) is 5.10 Å². The second-order valence-electron chi connectivity index (χ2n) is 6.60. The lowest BCUT2D eigenvalue weighted by molar-refractivity contribution is 0.366. The molecule has 3 aromatic rings. The Bertz CT molecular complexity index is 1180. The van der Waals surface area contributed by atoms with Crippen LogP contribution in [0.1, 0.15) is 22.5 Å². The molecule has 0 aliphatic heterocycles. The van der Waals surface area contributed by atoms with E-state index in [0.717, 1.165) is 4.68 Å². The van der Waals surface area contributed by atoms with Gasteiger partial charge >= 0.3 is 0 Å². The molecule has 0 saturated heterocycles. The van der Waals surface area contributed by atoms with Crippen molar-refractivity contribution in [1.82, 2.24) is 9.78 Å². The first-order valence-electron chi connectivity index (χ1n) is 8.60. The number of nitrogens with one attached hydrogen (secondary N) is 1. The number of aryl methyl sites for hydroxylation is 1. The van der Waals surface area contributed by atoms with Crippen molar-refractivity contribution < 1.29 is 30.4 Å². The number of hydrogen-bond donors (Lipinski definition) is 1. The lowest BCUT2D eigenvalue weighted by Crippen LogP contribution is -2.16. The van der Waals surface area contributed by atoms with Crippen molar-refractivity contribution in [3.63, 3.8) is 0 Å². The van der Waals surface area contributed by atoms with E-state index in [1.165, 1.54) is 13.8 Å². The maximum Gasteiger partial charge on any atom is 0.237 e. The Hall–Kier alpha value is -2.95. The first-order chi connectivity index (χ1) is 14.0. The summed E-state index contributed by atoms with van der Waals surface area (Å²) in [6.45, 7) is 2.08. The molecule has 0 fully saturated rings. The number of aromatic nitrogens is 2. The lowest BCUT2D eigenvalue weighted by atomic mass is 10.1. The van der Waals surface area contributed by atoms with Gasteiger partial charge in [-0.15, -0.1) is 0 Å². The smallest absolute Gasteiger partial charge is 0.237 e. The van der Waals surface area contributed by atoms with Crippen LogP contribution in [0, 0.1) is 42.9 Å². The molecule has 0 bridgehead atoms. The molecule has 1 aromatic heterocycles. The van der Waals surface area contributed by atoms with Crippen molar-refractivity contribution in [3.8, 4) is 0 Å². The highest BCUT2D eigenvalue weighted by atomic mass is 32.2. The highest BCUT2D eigenvalue weighted by molar-refractivity contribution is 7.91. The van der Waals surface area contributed by atoms with Gasteiger partial charge in [0, 0.05) is 0 Å². The summed E-state index contributed by atoms with van der Waals surface area (Å²) in [5, 5.41) is 3.98. The summed E-state index contributed by atoms with van der Waals surface area (Å²) in [6, 6.07) is 8.37. The molecular weight excluding hydrogens is 429 g/mol. The molecule has 0 spiro atoms. The molecular formula is C19H16F5N3O2S. The highest BCUT2D eigenvalue weighted by Crippen LogP contribution is 2.27. The van der Waals surface area contributed by atoms with Crippen molar-refractivity contribution in [3.05, 3.63) is 81.9 Å². The average molecular weight is 445 g/mol. The molecule has 2 aromatic carbocycles. The molecule has 11 heteroatoms. The Morgan fingerprint density at radius 2 is 1.43 bits per heavy atom. The van der Waals surface area contributed by atoms with Gasteiger partial charge in [-0.1, -0.05) is 30.3 Å². The van der Waals surface area contributed by atoms with Gasteiger partial charge in [-0.25, -0.2) is 30.4 Å². The van der Waals surface area contributed by atoms with Gasteiger partial charge in [-0.05, 0) is 19.4 Å². The summed E-state index contributed by atoms with van der Waals surface area (Å²) in [6.07, 6.45) is 0. The topological polar surface area (TPSA) is 64.0 Å². The number of anilines is 1. The zero-order chi connectivity index (χ0) is 22.2. The number of benzene rings is 2. The van der Waals surface area contributed by atoms with Crippen LogP contribution in [-0.4, -0.2) is 18.2 Å². The Morgan fingerprint density at radius 3 is 2.00 bits per heavy atom. The van der Waals surface area contributed by atoms with E-state index in [1.54, 1.807) is 30.3 Å². The Labute approximate surface area is 169 Å². The number of nitrogens with zero attached hydrogens (tertiary/aromatic N) is 2. The van der Waals surface area contributed by atoms with E-state index < -0.39 is 51.2 Å². The molecule has 0 radical (unpaired) electrons. The van der Waals surface area contributed by atoms with Crippen LogP contribution in [0.5, 0.6) is 0 Å². The van der Waals surface area contributed by atoms with Crippen molar-refractivity contribution >= 4 is 15.7 Å². The molecule has 0 saturated carbocycles. The zero-order valence-electron chi connectivity index (χ0n) is 15.8. The van der Waals surface area contributed by atoms with Crippen molar-refractivity contribution in [2.24, 2.45) is 0 Å². The summed E-state index contributed by atoms with van der Waals surface area (Å²) in [5.74, 6) is -10.6. The summed E-state index contributed by atoms with van der Waals surface area (Å²) >= 11 is 0. The van der Waals surface area contributed by atoms with E-state index in [1.807, 2.05) is 0 Å². The number of sulfonamides is 1. The predicted octanol–water partition coefficient (Wildman–Crippen LogP) is 4.19. The van der Waals surface area contributed by atoms with Crippen molar-refractivity contribution in [1.29, 1.82) is 0 Å². The van der Waals surface area contributed by atoms with Gasteiger partial charge in [0.05, 0.1) is 34.9 Å². The first kappa shape index (κ1) is 21.8. The molecule has 5 nitrogen and oxygen atoms in total. The van der Waals surface area contributed by atoms with Gasteiger partial charge in [-0.3, -0.25) is 9.40 Å². The van der Waals surface area contributed by atoms with Crippen LogP contribution in [0.15, 0.2) is 30.3 Å². The van der Waals surface area contributed by atoms with Crippen LogP contribution in [0.3, 0.4) is 0 Å². The van der Waals surface area contributed by atoms with Crippen molar-refractivity contribution in [2.45, 2.75) is 26.1 Å². The maximum atomic E-state index is 14.0. The van der Waals surface area contributed by atoms with Crippen LogP contribution >= 0.6 is 0 Å². The SMILES string of the molecule is Cc1nn(Cc2c(F)c(F)c(F)c(F)c2F)c(C)c1NS(=O)(=O)Cc1ccccc1. The molecule has 3 rings (SSSR count). The largest absolute Gasteiger partial charge is 0.280 e. The fraction of sp³-hybridized carbons (Fsp3) is 0.211. The third-order valence-corrected chi connectivity index (χ3v) is 5.68. The van der Waals surface area contributed by atoms with Crippen LogP contribution in [0.25, 0.3) is 0 Å². The summed E-state index contributed by atoms with van der Waals surface area (Å²) < 4.78 is 96.3. The average Bonchev–Trinajstić information content (AvgIpc) is 2.95. The molecule has 160 valence electrons. The van der Waals surface area contributed by atoms with E-state index in [0.29, 0.717) is 5.56 Å². The van der Waals surface area contributed by atoms with Gasteiger partial charge in [0.1, 0.15) is 0 Å². The third-order valence-electron chi connectivity index (χ3n) is 4.45. The third kappa shape index (κ3) is 4.16. The van der Waals surface area contributed by atoms with Crippen molar-refractivity contribution in [2.75, 3.05) is 4.72 Å². The monoisotopic (exact) mass is 445 g/mol. The second kappa shape index (κ2) is 8.05. The number of rotatable bonds is 6. The molecule has 0 aliphatic carbocycles. The van der Waals surface area contributed by atoms with Crippen LogP contribution in [-0.2, 0) is 22.3 Å². The standard InChI is InChI=1S/C19H16F5N3O2S/c1-10-19(26-30(28,29)9-12-6-4-3-5-7-12)11(2)27(25-10)8-13-14(20)16(22)18(24)17(23)15(13)21/h3-7,26H,8-9H2,1-2H3. The molecule has 0 atom stereocenters. The number of hydrogen-bond acceptors (Lipinski definition) is 3. The molecule has 1 N–H and O–H groups in total. The zero-order valence-corrected chi connectivity index (χ0v) is 16.6. The maximum absolute atomic E-state index is 14.0. The second-order valence-corrected chi connectivity index (χ2v) is 8.32. The van der Waals surface area contributed by atoms with E-state index in [9.17, 15) is 30.4 Å². The predicted molar refractivity (Wildman–Crippen MR) is 99.7 cm³/mol. The molecule has 0 amide bonds. The Balaban J connectivity index is 1.92. The minimum Gasteiger partial charge on any atom is -0.280 e. The molecule has 1 heterocycles. The van der Waals surface area contributed by atoms with Gasteiger partial charge in [0.25, 0.3) is 0 Å². The van der Waals surface area contributed by atoms with Crippen LogP contribution in [0.2, 0.25) is 0 Å². The Morgan fingerprint density at radius 1 is 0.900 bits per heavy atom. The van der Waals surface area contributed by atoms with E-state index in [2.05, 4.69) is 9.82 Å².